The van der Waals surface area contributed by atoms with E-state index in [0.29, 0.717) is 11.5 Å². The van der Waals surface area contributed by atoms with Gasteiger partial charge in [-0.25, -0.2) is 4.39 Å². The van der Waals surface area contributed by atoms with Crippen molar-refractivity contribution in [3.63, 3.8) is 0 Å². The van der Waals surface area contributed by atoms with Crippen molar-refractivity contribution in [3.8, 4) is 0 Å². The van der Waals surface area contributed by atoms with Crippen LogP contribution < -0.4 is 0 Å². The van der Waals surface area contributed by atoms with E-state index in [4.69, 9.17) is 4.74 Å². The van der Waals surface area contributed by atoms with Crippen molar-refractivity contribution in [3.05, 3.63) is 35.1 Å². The van der Waals surface area contributed by atoms with Crippen molar-refractivity contribution in [1.82, 2.24) is 0 Å². The zero-order valence-electron chi connectivity index (χ0n) is 11.4. The molecule has 3 heteroatoms. The molecule has 0 amide bonds. The normalized spacial score (nSPS) is 29.8. The van der Waals surface area contributed by atoms with Crippen molar-refractivity contribution in [2.24, 2.45) is 5.92 Å². The van der Waals surface area contributed by atoms with Crippen LogP contribution in [0.5, 0.6) is 0 Å². The third kappa shape index (κ3) is 2.19. The van der Waals surface area contributed by atoms with E-state index in [-0.39, 0.29) is 17.3 Å². The molecule has 2 aliphatic rings. The topological polar surface area (TPSA) is 29.5 Å². The molecule has 1 N–H and O–H groups in total. The zero-order chi connectivity index (χ0) is 13.5. The highest BCUT2D eigenvalue weighted by Crippen LogP contribution is 2.46. The van der Waals surface area contributed by atoms with Gasteiger partial charge in [0.25, 0.3) is 0 Å². The summed E-state index contributed by atoms with van der Waals surface area (Å²) < 4.78 is 18.9. The predicted octanol–water partition coefficient (Wildman–Crippen LogP) is 2.95. The maximum Gasteiger partial charge on any atom is 0.126 e. The van der Waals surface area contributed by atoms with Gasteiger partial charge in [0.1, 0.15) is 5.82 Å². The molecule has 104 valence electrons. The van der Waals surface area contributed by atoms with E-state index in [1.54, 1.807) is 6.07 Å². The Morgan fingerprint density at radius 3 is 2.42 bits per heavy atom. The summed E-state index contributed by atoms with van der Waals surface area (Å²) in [7, 11) is 0. The van der Waals surface area contributed by atoms with E-state index in [0.717, 1.165) is 38.9 Å². The molecule has 1 saturated heterocycles. The van der Waals surface area contributed by atoms with Crippen LogP contribution in [-0.4, -0.2) is 24.4 Å². The smallest absolute Gasteiger partial charge is 0.126 e. The Bertz CT molecular complexity index is 460. The maximum atomic E-state index is 13.4. The number of rotatable bonds is 2. The van der Waals surface area contributed by atoms with Gasteiger partial charge >= 0.3 is 0 Å². The lowest BCUT2D eigenvalue weighted by Gasteiger charge is -2.49. The molecular weight excluding hydrogens is 243 g/mol. The first-order chi connectivity index (χ1) is 9.12. The van der Waals surface area contributed by atoms with Gasteiger partial charge in [-0.2, -0.15) is 0 Å². The van der Waals surface area contributed by atoms with Crippen LogP contribution >= 0.6 is 0 Å². The first-order valence-electron chi connectivity index (χ1n) is 7.14. The lowest BCUT2D eigenvalue weighted by atomic mass is 9.63. The van der Waals surface area contributed by atoms with Crippen molar-refractivity contribution in [1.29, 1.82) is 0 Å². The summed E-state index contributed by atoms with van der Waals surface area (Å²) in [6.45, 7) is 3.29. The molecule has 2 nitrogen and oxygen atoms in total. The quantitative estimate of drug-likeness (QED) is 0.890. The minimum atomic E-state index is -0.141. The predicted molar refractivity (Wildman–Crippen MR) is 71.6 cm³/mol. The number of ether oxygens (including phenoxy) is 1. The average Bonchev–Trinajstić information content (AvgIpc) is 2.34. The Morgan fingerprint density at radius 2 is 1.89 bits per heavy atom. The number of hydrogen-bond donors (Lipinski definition) is 1. The van der Waals surface area contributed by atoms with Crippen LogP contribution in [0.1, 0.15) is 36.8 Å². The van der Waals surface area contributed by atoms with Crippen LogP contribution in [0.3, 0.4) is 0 Å². The van der Waals surface area contributed by atoms with E-state index in [9.17, 15) is 9.50 Å². The van der Waals surface area contributed by atoms with E-state index >= 15 is 0 Å². The minimum absolute atomic E-state index is 0.0542. The summed E-state index contributed by atoms with van der Waals surface area (Å²) in [5.41, 5.74) is 1.97. The molecule has 0 bridgehead atoms. The first-order valence-corrected chi connectivity index (χ1v) is 7.14. The van der Waals surface area contributed by atoms with Gasteiger partial charge in [0.05, 0.1) is 19.3 Å². The summed E-state index contributed by atoms with van der Waals surface area (Å²) in [6.07, 6.45) is 3.71. The van der Waals surface area contributed by atoms with Crippen molar-refractivity contribution in [2.75, 3.05) is 13.2 Å². The lowest BCUT2D eigenvalue weighted by Crippen LogP contribution is -2.53. The fourth-order valence-corrected chi connectivity index (χ4v) is 3.54. The van der Waals surface area contributed by atoms with E-state index < -0.39 is 0 Å². The molecule has 1 saturated carbocycles. The Labute approximate surface area is 113 Å². The molecule has 0 aromatic heterocycles. The van der Waals surface area contributed by atoms with Gasteiger partial charge < -0.3 is 9.84 Å². The molecule has 1 heterocycles. The minimum Gasteiger partial charge on any atom is -0.393 e. The molecule has 0 spiro atoms. The van der Waals surface area contributed by atoms with Crippen LogP contribution in [0.2, 0.25) is 0 Å². The van der Waals surface area contributed by atoms with E-state index in [1.165, 1.54) is 5.56 Å². The van der Waals surface area contributed by atoms with Gasteiger partial charge in [-0.1, -0.05) is 12.1 Å². The molecule has 1 aliphatic heterocycles. The second kappa shape index (κ2) is 4.88. The SMILES string of the molecule is Cc1cc(C2(C3CCC(O)CC3)COC2)ccc1F. The molecule has 0 unspecified atom stereocenters. The number of aryl methyl sites for hydroxylation is 1. The highest BCUT2D eigenvalue weighted by molar-refractivity contribution is 5.33. The van der Waals surface area contributed by atoms with Crippen molar-refractivity contribution in [2.45, 2.75) is 44.1 Å². The third-order valence-corrected chi connectivity index (χ3v) is 4.93. The summed E-state index contributed by atoms with van der Waals surface area (Å²) in [4.78, 5) is 0. The van der Waals surface area contributed by atoms with E-state index in [1.807, 2.05) is 19.1 Å². The molecule has 19 heavy (non-hydrogen) atoms. The fraction of sp³-hybridized carbons (Fsp3) is 0.625. The van der Waals surface area contributed by atoms with Gasteiger partial charge in [-0.05, 0) is 55.7 Å². The number of aliphatic hydroxyl groups excluding tert-OH is 1. The summed E-state index contributed by atoms with van der Waals surface area (Å²) in [5, 5.41) is 9.65. The van der Waals surface area contributed by atoms with Gasteiger partial charge in [0.15, 0.2) is 0 Å². The number of aliphatic hydroxyl groups is 1. The Balaban J connectivity index is 1.88. The highest BCUT2D eigenvalue weighted by Gasteiger charge is 2.47. The zero-order valence-corrected chi connectivity index (χ0v) is 11.4. The molecule has 1 aromatic carbocycles. The molecular formula is C16H21FO2. The number of benzene rings is 1. The van der Waals surface area contributed by atoms with Crippen LogP contribution in [0, 0.1) is 18.7 Å². The molecule has 1 aliphatic carbocycles. The van der Waals surface area contributed by atoms with Crippen molar-refractivity contribution < 1.29 is 14.2 Å². The Hall–Kier alpha value is -0.930. The van der Waals surface area contributed by atoms with Crippen LogP contribution in [0.25, 0.3) is 0 Å². The fourth-order valence-electron chi connectivity index (χ4n) is 3.54. The first kappa shape index (κ1) is 13.1. The molecule has 2 fully saturated rings. The molecule has 0 radical (unpaired) electrons. The second-order valence-corrected chi connectivity index (χ2v) is 6.12. The summed E-state index contributed by atoms with van der Waals surface area (Å²) in [5.74, 6) is 0.410. The monoisotopic (exact) mass is 264 g/mol. The largest absolute Gasteiger partial charge is 0.393 e. The molecule has 3 rings (SSSR count). The van der Waals surface area contributed by atoms with Gasteiger partial charge in [-0.15, -0.1) is 0 Å². The standard InChI is InChI=1S/C16H21FO2/c1-11-8-13(4-7-15(11)17)16(9-19-10-16)12-2-5-14(18)6-3-12/h4,7-8,12,14,18H,2-3,5-6,9-10H2,1H3. The second-order valence-electron chi connectivity index (χ2n) is 6.12. The Kier molecular flexibility index (Phi) is 3.35. The Morgan fingerprint density at radius 1 is 1.21 bits per heavy atom. The summed E-state index contributed by atoms with van der Waals surface area (Å²) in [6, 6.07) is 5.46. The average molecular weight is 264 g/mol. The van der Waals surface area contributed by atoms with Crippen LogP contribution in [0.4, 0.5) is 4.39 Å². The van der Waals surface area contributed by atoms with Gasteiger partial charge in [-0.3, -0.25) is 0 Å². The highest BCUT2D eigenvalue weighted by atomic mass is 19.1. The van der Waals surface area contributed by atoms with Crippen LogP contribution in [-0.2, 0) is 10.2 Å². The number of hydrogen-bond acceptors (Lipinski definition) is 2. The van der Waals surface area contributed by atoms with E-state index in [2.05, 4.69) is 0 Å². The lowest BCUT2D eigenvalue weighted by molar-refractivity contribution is -0.103. The summed E-state index contributed by atoms with van der Waals surface area (Å²) >= 11 is 0. The molecule has 0 atom stereocenters. The van der Waals surface area contributed by atoms with Gasteiger partial charge in [0, 0.05) is 5.41 Å². The van der Waals surface area contributed by atoms with Crippen LogP contribution in [0.15, 0.2) is 18.2 Å². The van der Waals surface area contributed by atoms with Crippen molar-refractivity contribution >= 4 is 0 Å². The number of halogens is 1. The maximum absolute atomic E-state index is 13.4. The third-order valence-electron chi connectivity index (χ3n) is 4.93. The molecule has 1 aromatic rings. The van der Waals surface area contributed by atoms with Gasteiger partial charge in [0.2, 0.25) is 0 Å².